The monoisotopic (exact) mass is 254 g/mol. The van der Waals surface area contributed by atoms with Crippen molar-refractivity contribution in [2.24, 2.45) is 16.8 Å². The molecule has 1 aliphatic heterocycles. The van der Waals surface area contributed by atoms with Gasteiger partial charge in [0.25, 0.3) is 0 Å². The molecule has 1 unspecified atom stereocenters. The molecule has 2 aliphatic rings. The summed E-state index contributed by atoms with van der Waals surface area (Å²) < 4.78 is 0. The molecule has 0 aromatic carbocycles. The minimum absolute atomic E-state index is 0.0109. The zero-order chi connectivity index (χ0) is 13.1. The van der Waals surface area contributed by atoms with Gasteiger partial charge in [-0.3, -0.25) is 9.69 Å². The third-order valence-electron chi connectivity index (χ3n) is 3.87. The van der Waals surface area contributed by atoms with Crippen molar-refractivity contribution in [2.45, 2.75) is 32.2 Å². The molecule has 0 aromatic heterocycles. The van der Waals surface area contributed by atoms with Crippen LogP contribution in [0.25, 0.3) is 0 Å². The number of rotatable bonds is 4. The van der Waals surface area contributed by atoms with Gasteiger partial charge >= 0.3 is 0 Å². The molecule has 2 fully saturated rings. The van der Waals surface area contributed by atoms with Crippen LogP contribution in [0, 0.1) is 5.92 Å². The van der Waals surface area contributed by atoms with Gasteiger partial charge in [-0.25, -0.2) is 0 Å². The average molecular weight is 254 g/mol. The molecular formula is C12H22N4O2. The first kappa shape index (κ1) is 13.1. The van der Waals surface area contributed by atoms with E-state index in [1.54, 1.807) is 0 Å². The van der Waals surface area contributed by atoms with Gasteiger partial charge in [-0.05, 0) is 19.3 Å². The third kappa shape index (κ3) is 2.75. The highest BCUT2D eigenvalue weighted by Gasteiger charge is 2.34. The van der Waals surface area contributed by atoms with Gasteiger partial charge in [0.05, 0.1) is 5.92 Å². The normalized spacial score (nSPS) is 24.1. The molecule has 1 saturated heterocycles. The van der Waals surface area contributed by atoms with E-state index in [1.165, 1.54) is 12.8 Å². The van der Waals surface area contributed by atoms with E-state index in [2.05, 4.69) is 10.1 Å². The second-order valence-electron chi connectivity index (χ2n) is 5.08. The summed E-state index contributed by atoms with van der Waals surface area (Å²) >= 11 is 0. The van der Waals surface area contributed by atoms with E-state index in [0.717, 1.165) is 32.2 Å². The molecule has 3 N–H and O–H groups in total. The van der Waals surface area contributed by atoms with Gasteiger partial charge in [0.1, 0.15) is 0 Å². The highest BCUT2D eigenvalue weighted by molar-refractivity contribution is 6.02. The Bertz CT molecular complexity index is 333. The minimum Gasteiger partial charge on any atom is -0.409 e. The van der Waals surface area contributed by atoms with Crippen molar-refractivity contribution in [3.05, 3.63) is 0 Å². The molecule has 6 nitrogen and oxygen atoms in total. The van der Waals surface area contributed by atoms with Crippen LogP contribution in [0.5, 0.6) is 0 Å². The van der Waals surface area contributed by atoms with E-state index < -0.39 is 5.92 Å². The zero-order valence-corrected chi connectivity index (χ0v) is 10.9. The Labute approximate surface area is 107 Å². The molecule has 2 rings (SSSR count). The van der Waals surface area contributed by atoms with Crippen LogP contribution in [0.1, 0.15) is 26.2 Å². The van der Waals surface area contributed by atoms with E-state index in [1.807, 2.05) is 11.8 Å². The molecule has 1 heterocycles. The summed E-state index contributed by atoms with van der Waals surface area (Å²) in [6.07, 6.45) is 3.17. The van der Waals surface area contributed by atoms with Gasteiger partial charge in [-0.15, -0.1) is 0 Å². The average Bonchev–Trinajstić information content (AvgIpc) is 3.23. The molecule has 1 atom stereocenters. The van der Waals surface area contributed by atoms with E-state index in [4.69, 9.17) is 10.9 Å². The van der Waals surface area contributed by atoms with Crippen LogP contribution in [0.4, 0.5) is 0 Å². The topological polar surface area (TPSA) is 82.2 Å². The lowest BCUT2D eigenvalue weighted by atomic mass is 10.0. The molecule has 18 heavy (non-hydrogen) atoms. The fourth-order valence-corrected chi connectivity index (χ4v) is 2.55. The quantitative estimate of drug-likeness (QED) is 0.322. The second-order valence-corrected chi connectivity index (χ2v) is 5.08. The standard InChI is InChI=1S/C12H22N4O2/c1-2-10(11(13)14-18)12(17)16-7-5-15(6-8-16)9-3-4-9/h9-10,18H,2-8H2,1H3,(H2,13,14). The number of hydrogen-bond acceptors (Lipinski definition) is 4. The first-order valence-corrected chi connectivity index (χ1v) is 6.67. The van der Waals surface area contributed by atoms with Crippen molar-refractivity contribution < 1.29 is 10.0 Å². The van der Waals surface area contributed by atoms with Crippen LogP contribution in [0.15, 0.2) is 5.16 Å². The Morgan fingerprint density at radius 3 is 2.44 bits per heavy atom. The molecule has 0 spiro atoms. The Kier molecular flexibility index (Phi) is 4.06. The van der Waals surface area contributed by atoms with Crippen molar-refractivity contribution in [1.82, 2.24) is 9.80 Å². The van der Waals surface area contributed by atoms with E-state index in [0.29, 0.717) is 6.42 Å². The number of hydrogen-bond donors (Lipinski definition) is 2. The lowest BCUT2D eigenvalue weighted by molar-refractivity contribution is -0.135. The van der Waals surface area contributed by atoms with Crippen molar-refractivity contribution in [3.63, 3.8) is 0 Å². The Balaban J connectivity index is 1.89. The van der Waals surface area contributed by atoms with Gasteiger partial charge in [-0.1, -0.05) is 12.1 Å². The number of nitrogens with zero attached hydrogens (tertiary/aromatic N) is 3. The SMILES string of the molecule is CCC(C(=O)N1CCN(C2CC2)CC1)C(N)=NO. The predicted octanol–water partition coefficient (Wildman–Crippen LogP) is 0.0656. The predicted molar refractivity (Wildman–Crippen MR) is 68.4 cm³/mol. The molecule has 0 aromatic rings. The second kappa shape index (κ2) is 5.56. The number of oxime groups is 1. The van der Waals surface area contributed by atoms with Crippen LogP contribution in [0.3, 0.4) is 0 Å². The Hall–Kier alpha value is -1.30. The number of amides is 1. The maximum Gasteiger partial charge on any atom is 0.233 e. The number of amidine groups is 1. The summed E-state index contributed by atoms with van der Waals surface area (Å²) in [6.45, 7) is 5.28. The highest BCUT2D eigenvalue weighted by atomic mass is 16.4. The third-order valence-corrected chi connectivity index (χ3v) is 3.87. The lowest BCUT2D eigenvalue weighted by Crippen LogP contribution is -2.52. The summed E-state index contributed by atoms with van der Waals surface area (Å²) in [4.78, 5) is 16.5. The summed E-state index contributed by atoms with van der Waals surface area (Å²) in [6, 6.07) is 0.758. The van der Waals surface area contributed by atoms with Crippen LogP contribution in [-0.2, 0) is 4.79 Å². The smallest absolute Gasteiger partial charge is 0.233 e. The van der Waals surface area contributed by atoms with Crippen molar-refractivity contribution in [1.29, 1.82) is 0 Å². The number of carbonyl (C=O) groups excluding carboxylic acids is 1. The van der Waals surface area contributed by atoms with Crippen molar-refractivity contribution in [2.75, 3.05) is 26.2 Å². The highest BCUT2D eigenvalue weighted by Crippen LogP contribution is 2.27. The van der Waals surface area contributed by atoms with Crippen LogP contribution in [0.2, 0.25) is 0 Å². The number of carbonyl (C=O) groups is 1. The van der Waals surface area contributed by atoms with Gasteiger partial charge < -0.3 is 15.8 Å². The molecule has 1 aliphatic carbocycles. The molecule has 6 heteroatoms. The first-order valence-electron chi connectivity index (χ1n) is 6.67. The minimum atomic E-state index is -0.484. The molecular weight excluding hydrogens is 232 g/mol. The van der Waals surface area contributed by atoms with Crippen molar-refractivity contribution in [3.8, 4) is 0 Å². The van der Waals surface area contributed by atoms with Gasteiger partial charge in [0, 0.05) is 32.2 Å². The van der Waals surface area contributed by atoms with Gasteiger partial charge in [0.15, 0.2) is 5.84 Å². The van der Waals surface area contributed by atoms with E-state index in [9.17, 15) is 4.79 Å². The summed E-state index contributed by atoms with van der Waals surface area (Å²) in [5.74, 6) is -0.474. The van der Waals surface area contributed by atoms with Crippen LogP contribution >= 0.6 is 0 Å². The number of nitrogens with two attached hydrogens (primary N) is 1. The number of piperazine rings is 1. The first-order chi connectivity index (χ1) is 8.67. The Morgan fingerprint density at radius 1 is 1.39 bits per heavy atom. The maximum absolute atomic E-state index is 12.3. The summed E-state index contributed by atoms with van der Waals surface area (Å²) in [5.41, 5.74) is 5.56. The van der Waals surface area contributed by atoms with Crippen LogP contribution in [-0.4, -0.2) is 59.0 Å². The maximum atomic E-state index is 12.3. The zero-order valence-electron chi connectivity index (χ0n) is 10.9. The molecule has 102 valence electrons. The summed E-state index contributed by atoms with van der Waals surface area (Å²) in [7, 11) is 0. The molecule has 1 saturated carbocycles. The largest absolute Gasteiger partial charge is 0.409 e. The molecule has 0 bridgehead atoms. The van der Waals surface area contributed by atoms with Gasteiger partial charge in [0.2, 0.25) is 5.91 Å². The van der Waals surface area contributed by atoms with Gasteiger partial charge in [-0.2, -0.15) is 0 Å². The van der Waals surface area contributed by atoms with Crippen molar-refractivity contribution >= 4 is 11.7 Å². The fraction of sp³-hybridized carbons (Fsp3) is 0.833. The van der Waals surface area contributed by atoms with E-state index >= 15 is 0 Å². The molecule has 1 amide bonds. The molecule has 0 radical (unpaired) electrons. The van der Waals surface area contributed by atoms with Crippen LogP contribution < -0.4 is 5.73 Å². The Morgan fingerprint density at radius 2 is 2.00 bits per heavy atom. The summed E-state index contributed by atoms with van der Waals surface area (Å²) in [5, 5.41) is 11.7. The fourth-order valence-electron chi connectivity index (χ4n) is 2.55. The lowest BCUT2D eigenvalue weighted by Gasteiger charge is -2.36. The van der Waals surface area contributed by atoms with E-state index in [-0.39, 0.29) is 11.7 Å².